The Balaban J connectivity index is 1.21. The van der Waals surface area contributed by atoms with Crippen LogP contribution in [0.15, 0.2) is 41.2 Å². The Hall–Kier alpha value is -3.67. The molecule has 12 heteroatoms. The Kier molecular flexibility index (Phi) is 5.18. The zero-order chi connectivity index (χ0) is 25.2. The molecule has 2 aliphatic heterocycles. The van der Waals surface area contributed by atoms with Crippen LogP contribution in [0.5, 0.6) is 5.88 Å². The van der Waals surface area contributed by atoms with Gasteiger partial charge in [-0.25, -0.2) is 22.4 Å². The molecule has 4 atom stereocenters. The quantitative estimate of drug-likeness (QED) is 0.372. The molecule has 6 rings (SSSR count). The number of nitrogens with zero attached hydrogens (tertiary/aromatic N) is 4. The number of likely N-dealkylation sites (tertiary alicyclic amines) is 1. The number of aromatic nitrogens is 2. The van der Waals surface area contributed by atoms with E-state index >= 15 is 17.6 Å². The number of halogens is 4. The highest BCUT2D eigenvalue weighted by molar-refractivity contribution is 5.90. The van der Waals surface area contributed by atoms with E-state index in [1.165, 1.54) is 24.5 Å². The van der Waals surface area contributed by atoms with Crippen LogP contribution >= 0.6 is 0 Å². The minimum atomic E-state index is -1.55. The molecule has 0 bridgehead atoms. The minimum absolute atomic E-state index is 0.0476. The molecule has 2 aromatic heterocycles. The molecule has 1 aliphatic carbocycles. The number of ether oxygens (including phenoxy) is 2. The van der Waals surface area contributed by atoms with E-state index < -0.39 is 46.6 Å². The molecule has 1 aromatic carbocycles. The van der Waals surface area contributed by atoms with Crippen LogP contribution in [0.25, 0.3) is 11.1 Å². The zero-order valence-corrected chi connectivity index (χ0v) is 19.0. The summed E-state index contributed by atoms with van der Waals surface area (Å²) in [7, 11) is 1.92. The maximum Gasteiger partial charge on any atom is 0.414 e. The number of benzene rings is 1. The highest BCUT2D eigenvalue weighted by atomic mass is 19.2. The summed E-state index contributed by atoms with van der Waals surface area (Å²) < 4.78 is 75.5. The highest BCUT2D eigenvalue weighted by Gasteiger charge is 2.70. The monoisotopic (exact) mass is 504 g/mol. The van der Waals surface area contributed by atoms with Gasteiger partial charge in [-0.1, -0.05) is 6.07 Å². The highest BCUT2D eigenvalue weighted by Crippen LogP contribution is 2.63. The van der Waals surface area contributed by atoms with E-state index in [0.29, 0.717) is 13.1 Å². The second kappa shape index (κ2) is 8.19. The van der Waals surface area contributed by atoms with Crippen molar-refractivity contribution in [1.29, 1.82) is 0 Å². The standard InChI is InChI=1S/C24H20F4N4O4/c1-31-9-14-15(10-31)24(14,28)18-3-2-12(7-29-18)20-16(25)6-17(21(26)22(20)27)32-8-13(36-23(32)33)11-34-19-4-5-35-30-19/h2-7,13-15H,8-11H2,1H3/t13-,14-,15+,24?/m1/s1. The molecular formula is C24H20F4N4O4. The van der Waals surface area contributed by atoms with E-state index in [1.54, 1.807) is 0 Å². The summed E-state index contributed by atoms with van der Waals surface area (Å²) in [5.74, 6) is -4.17. The lowest BCUT2D eigenvalue weighted by Crippen LogP contribution is -2.28. The van der Waals surface area contributed by atoms with Gasteiger partial charge in [-0.05, 0) is 18.3 Å². The number of rotatable bonds is 6. The van der Waals surface area contributed by atoms with Crippen molar-refractivity contribution < 1.29 is 36.4 Å². The first-order valence-electron chi connectivity index (χ1n) is 11.3. The second-order valence-corrected chi connectivity index (χ2v) is 9.28. The number of carbonyl (C=O) groups excluding carboxylic acids is 1. The van der Waals surface area contributed by atoms with Crippen LogP contribution in [-0.4, -0.2) is 60.5 Å². The predicted octanol–water partition coefficient (Wildman–Crippen LogP) is 3.91. The van der Waals surface area contributed by atoms with Crippen molar-refractivity contribution in [2.24, 2.45) is 11.8 Å². The third-order valence-corrected chi connectivity index (χ3v) is 7.05. The molecule has 36 heavy (non-hydrogen) atoms. The molecule has 4 heterocycles. The van der Waals surface area contributed by atoms with Gasteiger partial charge < -0.3 is 18.9 Å². The van der Waals surface area contributed by atoms with Crippen molar-refractivity contribution in [3.8, 4) is 17.0 Å². The molecular weight excluding hydrogens is 484 g/mol. The number of hydrogen-bond acceptors (Lipinski definition) is 7. The second-order valence-electron chi connectivity index (χ2n) is 9.28. The first-order valence-corrected chi connectivity index (χ1v) is 11.3. The molecule has 0 spiro atoms. The van der Waals surface area contributed by atoms with Crippen LogP contribution in [0.4, 0.5) is 28.0 Å². The van der Waals surface area contributed by atoms with Crippen molar-refractivity contribution in [3.63, 3.8) is 0 Å². The number of carbonyl (C=O) groups is 1. The number of amides is 1. The normalized spacial score (nSPS) is 27.3. The lowest BCUT2D eigenvalue weighted by Gasteiger charge is -2.18. The Labute approximate surface area is 202 Å². The predicted molar refractivity (Wildman–Crippen MR) is 116 cm³/mol. The maximum atomic E-state index is 15.3. The van der Waals surface area contributed by atoms with Gasteiger partial charge in [0.05, 0.1) is 23.5 Å². The molecule has 2 saturated heterocycles. The lowest BCUT2D eigenvalue weighted by molar-refractivity contribution is 0.101. The van der Waals surface area contributed by atoms with Gasteiger partial charge in [0.1, 0.15) is 18.7 Å². The third kappa shape index (κ3) is 3.50. The summed E-state index contributed by atoms with van der Waals surface area (Å²) in [5.41, 5.74) is -2.66. The van der Waals surface area contributed by atoms with Gasteiger partial charge in [0.2, 0.25) is 0 Å². The first-order chi connectivity index (χ1) is 17.3. The number of piperidine rings is 1. The maximum absolute atomic E-state index is 15.3. The fourth-order valence-corrected chi connectivity index (χ4v) is 5.22. The summed E-state index contributed by atoms with van der Waals surface area (Å²) >= 11 is 0. The molecule has 1 amide bonds. The van der Waals surface area contributed by atoms with Crippen molar-refractivity contribution >= 4 is 11.8 Å². The summed E-state index contributed by atoms with van der Waals surface area (Å²) in [5, 5.41) is 3.55. The fourth-order valence-electron chi connectivity index (χ4n) is 5.22. The largest absolute Gasteiger partial charge is 0.471 e. The Morgan fingerprint density at radius 3 is 2.58 bits per heavy atom. The van der Waals surface area contributed by atoms with Crippen molar-refractivity contribution in [2.75, 3.05) is 38.2 Å². The summed E-state index contributed by atoms with van der Waals surface area (Å²) in [6, 6.07) is 4.88. The van der Waals surface area contributed by atoms with Gasteiger partial charge in [0, 0.05) is 48.8 Å². The van der Waals surface area contributed by atoms with E-state index in [-0.39, 0.29) is 42.1 Å². The number of cyclic esters (lactones) is 1. The first kappa shape index (κ1) is 22.8. The van der Waals surface area contributed by atoms with Crippen LogP contribution < -0.4 is 9.64 Å². The van der Waals surface area contributed by atoms with E-state index in [2.05, 4.69) is 14.7 Å². The summed E-state index contributed by atoms with van der Waals surface area (Å²) in [6.07, 6.45) is 0.621. The van der Waals surface area contributed by atoms with Crippen molar-refractivity contribution in [2.45, 2.75) is 11.8 Å². The Bertz CT molecular complexity index is 1310. The van der Waals surface area contributed by atoms with Crippen LogP contribution in [-0.2, 0) is 10.4 Å². The zero-order valence-electron chi connectivity index (χ0n) is 19.0. The smallest absolute Gasteiger partial charge is 0.414 e. The van der Waals surface area contributed by atoms with E-state index in [1.807, 2.05) is 11.9 Å². The van der Waals surface area contributed by atoms with E-state index in [0.717, 1.165) is 17.2 Å². The van der Waals surface area contributed by atoms with Gasteiger partial charge in [-0.3, -0.25) is 9.88 Å². The fraction of sp³-hybridized carbons (Fsp3) is 0.375. The lowest BCUT2D eigenvalue weighted by atomic mass is 10.0. The average molecular weight is 504 g/mol. The number of hydrogen-bond donors (Lipinski definition) is 0. The molecule has 3 aromatic rings. The molecule has 1 saturated carbocycles. The Morgan fingerprint density at radius 1 is 1.14 bits per heavy atom. The molecule has 0 radical (unpaired) electrons. The van der Waals surface area contributed by atoms with Gasteiger partial charge in [-0.15, -0.1) is 0 Å². The molecule has 0 N–H and O–H groups in total. The number of pyridine rings is 1. The Morgan fingerprint density at radius 2 is 1.92 bits per heavy atom. The summed E-state index contributed by atoms with van der Waals surface area (Å²) in [4.78, 5) is 19.2. The number of alkyl halides is 1. The van der Waals surface area contributed by atoms with Crippen LogP contribution in [0.2, 0.25) is 0 Å². The molecule has 8 nitrogen and oxygen atoms in total. The van der Waals surface area contributed by atoms with Gasteiger partial charge in [0.15, 0.2) is 23.4 Å². The van der Waals surface area contributed by atoms with E-state index in [4.69, 9.17) is 9.47 Å². The van der Waals surface area contributed by atoms with Crippen molar-refractivity contribution in [1.82, 2.24) is 15.0 Å². The van der Waals surface area contributed by atoms with Gasteiger partial charge >= 0.3 is 6.09 Å². The minimum Gasteiger partial charge on any atom is -0.471 e. The van der Waals surface area contributed by atoms with Crippen molar-refractivity contribution in [3.05, 3.63) is 59.9 Å². The van der Waals surface area contributed by atoms with Crippen LogP contribution in [0, 0.1) is 29.3 Å². The molecule has 3 aliphatic rings. The van der Waals surface area contributed by atoms with E-state index in [9.17, 15) is 4.79 Å². The molecule has 1 unspecified atom stereocenters. The number of anilines is 1. The molecule has 188 valence electrons. The van der Waals surface area contributed by atoms with Crippen LogP contribution in [0.1, 0.15) is 5.69 Å². The number of fused-ring (bicyclic) bond motifs is 1. The topological polar surface area (TPSA) is 80.9 Å². The van der Waals surface area contributed by atoms with Gasteiger partial charge in [-0.2, -0.15) is 0 Å². The molecule has 3 fully saturated rings. The van der Waals surface area contributed by atoms with Gasteiger partial charge in [0.25, 0.3) is 5.88 Å². The summed E-state index contributed by atoms with van der Waals surface area (Å²) in [6.45, 7) is 0.920. The average Bonchev–Trinajstić information content (AvgIpc) is 3.39. The third-order valence-electron chi connectivity index (χ3n) is 7.05. The SMILES string of the molecule is CN1C[C@@H]2[C@H](C1)C2(F)c1ccc(-c2c(F)cc(N3C[C@H](COc4ccon4)OC3=O)c(F)c2F)cn1. The van der Waals surface area contributed by atoms with Crippen LogP contribution in [0.3, 0.4) is 0 Å².